The summed E-state index contributed by atoms with van der Waals surface area (Å²) in [6.45, 7) is 0.326. The number of nitrogens with zero attached hydrogens (tertiary/aromatic N) is 2. The number of halogens is 2. The molecule has 0 spiro atoms. The number of non-ortho nitro benzene ring substituents is 1. The number of nitrogens with one attached hydrogen (secondary N) is 2. The zero-order valence-electron chi connectivity index (χ0n) is 10.4. The first-order chi connectivity index (χ1) is 9.58. The minimum absolute atomic E-state index is 0.326. The molecule has 0 bridgehead atoms. The number of H-pyrrole nitrogens is 1. The number of imidazole rings is 1. The van der Waals surface area contributed by atoms with Gasteiger partial charge < -0.3 is 10.3 Å². The van der Waals surface area contributed by atoms with Crippen LogP contribution in [-0.4, -0.2) is 21.4 Å². The summed E-state index contributed by atoms with van der Waals surface area (Å²) in [7, 11) is 0. The fraction of sp³-hybridized carbons (Fsp3) is 0.250. The maximum Gasteiger partial charge on any atom is 0.275 e. The molecule has 2 N–H and O–H groups in total. The number of hydrogen-bond acceptors (Lipinski definition) is 4. The van der Waals surface area contributed by atoms with Gasteiger partial charge in [-0.2, -0.15) is 0 Å². The van der Waals surface area contributed by atoms with Crippen LogP contribution < -0.4 is 5.32 Å². The average Bonchev–Trinajstić information content (AvgIpc) is 2.89. The average molecular weight is 282 g/mol. The van der Waals surface area contributed by atoms with Gasteiger partial charge >= 0.3 is 0 Å². The Labute approximate surface area is 113 Å². The fourth-order valence-corrected chi connectivity index (χ4v) is 1.74. The molecule has 8 heteroatoms. The fourth-order valence-electron chi connectivity index (χ4n) is 1.74. The van der Waals surface area contributed by atoms with Gasteiger partial charge in [-0.25, -0.2) is 13.8 Å². The van der Waals surface area contributed by atoms with Crippen LogP contribution in [0.1, 0.15) is 12.2 Å². The van der Waals surface area contributed by atoms with Crippen LogP contribution in [0.5, 0.6) is 0 Å². The third-order valence-corrected chi connectivity index (χ3v) is 2.68. The van der Waals surface area contributed by atoms with Crippen molar-refractivity contribution in [3.63, 3.8) is 0 Å². The highest BCUT2D eigenvalue weighted by atomic mass is 19.1. The molecule has 1 aromatic heterocycles. The first-order valence-corrected chi connectivity index (χ1v) is 5.93. The van der Waals surface area contributed by atoms with Crippen molar-refractivity contribution in [3.05, 3.63) is 52.1 Å². The van der Waals surface area contributed by atoms with Gasteiger partial charge in [-0.3, -0.25) is 10.1 Å². The molecule has 0 atom stereocenters. The lowest BCUT2D eigenvalue weighted by atomic mass is 10.2. The molecule has 1 heterocycles. The van der Waals surface area contributed by atoms with Gasteiger partial charge in [0.1, 0.15) is 11.5 Å². The van der Waals surface area contributed by atoms with Gasteiger partial charge in [-0.1, -0.05) is 0 Å². The second-order valence-electron chi connectivity index (χ2n) is 4.11. The Morgan fingerprint density at radius 1 is 1.35 bits per heavy atom. The van der Waals surface area contributed by atoms with Crippen molar-refractivity contribution in [1.82, 2.24) is 9.97 Å². The molecule has 0 radical (unpaired) electrons. The molecule has 106 valence electrons. The van der Waals surface area contributed by atoms with Crippen molar-refractivity contribution >= 4 is 11.4 Å². The smallest absolute Gasteiger partial charge is 0.275 e. The predicted octanol–water partition coefficient (Wildman–Crippen LogP) is 2.64. The Morgan fingerprint density at radius 2 is 2.05 bits per heavy atom. The minimum atomic E-state index is -0.977. The topological polar surface area (TPSA) is 83.8 Å². The maximum atomic E-state index is 13.5. The second-order valence-corrected chi connectivity index (χ2v) is 4.11. The second kappa shape index (κ2) is 6.09. The van der Waals surface area contributed by atoms with E-state index in [9.17, 15) is 18.9 Å². The first-order valence-electron chi connectivity index (χ1n) is 5.93. The highest BCUT2D eigenvalue weighted by Gasteiger charge is 2.16. The molecule has 0 unspecified atom stereocenters. The van der Waals surface area contributed by atoms with E-state index in [1.54, 1.807) is 12.4 Å². The summed E-state index contributed by atoms with van der Waals surface area (Å²) < 4.78 is 27.1. The number of hydrogen-bond donors (Lipinski definition) is 2. The molecule has 6 nitrogen and oxygen atoms in total. The molecule has 20 heavy (non-hydrogen) atoms. The van der Waals surface area contributed by atoms with Crippen molar-refractivity contribution < 1.29 is 13.7 Å². The first kappa shape index (κ1) is 13.9. The summed E-state index contributed by atoms with van der Waals surface area (Å²) in [5, 5.41) is 13.0. The van der Waals surface area contributed by atoms with E-state index in [0.717, 1.165) is 5.82 Å². The molecule has 0 aliphatic rings. The number of nitro benzene ring substituents is 1. The van der Waals surface area contributed by atoms with E-state index < -0.39 is 22.2 Å². The van der Waals surface area contributed by atoms with Crippen LogP contribution in [0, 0.1) is 21.7 Å². The SMILES string of the molecule is O=[N+]([O-])c1cc(F)c(NCCCc2ncc[nH]2)c(F)c1. The van der Waals surface area contributed by atoms with Gasteiger partial charge in [0.25, 0.3) is 5.69 Å². The predicted molar refractivity (Wildman–Crippen MR) is 68.4 cm³/mol. The van der Waals surface area contributed by atoms with E-state index in [-0.39, 0.29) is 5.69 Å². The molecular formula is C12H12F2N4O2. The van der Waals surface area contributed by atoms with Gasteiger partial charge in [0.05, 0.1) is 17.1 Å². The van der Waals surface area contributed by atoms with Crippen LogP contribution in [0.15, 0.2) is 24.5 Å². The Morgan fingerprint density at radius 3 is 2.60 bits per heavy atom. The number of benzene rings is 1. The number of rotatable bonds is 6. The normalized spacial score (nSPS) is 10.5. The molecule has 2 aromatic rings. The number of aromatic nitrogens is 2. The Kier molecular flexibility index (Phi) is 4.24. The summed E-state index contributed by atoms with van der Waals surface area (Å²) in [6.07, 6.45) is 4.57. The summed E-state index contributed by atoms with van der Waals surface area (Å²) >= 11 is 0. The number of anilines is 1. The quantitative estimate of drug-likeness (QED) is 0.484. The Bertz CT molecular complexity index is 579. The summed E-state index contributed by atoms with van der Waals surface area (Å²) in [6, 6.07) is 1.38. The van der Waals surface area contributed by atoms with Crippen LogP contribution in [0.4, 0.5) is 20.2 Å². The van der Waals surface area contributed by atoms with Gasteiger partial charge in [-0.05, 0) is 6.42 Å². The number of nitro groups is 1. The molecule has 0 aliphatic carbocycles. The van der Waals surface area contributed by atoms with Crippen molar-refractivity contribution in [1.29, 1.82) is 0 Å². The number of aryl methyl sites for hydroxylation is 1. The van der Waals surface area contributed by atoms with Crippen molar-refractivity contribution in [2.24, 2.45) is 0 Å². The van der Waals surface area contributed by atoms with Gasteiger partial charge in [-0.15, -0.1) is 0 Å². The van der Waals surface area contributed by atoms with Crippen LogP contribution in [0.25, 0.3) is 0 Å². The van der Waals surface area contributed by atoms with Gasteiger partial charge in [0.15, 0.2) is 11.6 Å². The lowest BCUT2D eigenvalue weighted by Crippen LogP contribution is -2.07. The number of aromatic amines is 1. The largest absolute Gasteiger partial charge is 0.380 e. The third kappa shape index (κ3) is 3.28. The van der Waals surface area contributed by atoms with E-state index in [0.29, 0.717) is 31.5 Å². The molecule has 0 amide bonds. The highest BCUT2D eigenvalue weighted by molar-refractivity contribution is 5.51. The lowest BCUT2D eigenvalue weighted by Gasteiger charge is -2.08. The Hall–Kier alpha value is -2.51. The van der Waals surface area contributed by atoms with Crippen LogP contribution in [0.3, 0.4) is 0 Å². The molecular weight excluding hydrogens is 270 g/mol. The zero-order valence-corrected chi connectivity index (χ0v) is 10.4. The van der Waals surface area contributed by atoms with E-state index in [1.165, 1.54) is 0 Å². The molecule has 0 saturated carbocycles. The lowest BCUT2D eigenvalue weighted by molar-refractivity contribution is -0.385. The summed E-state index contributed by atoms with van der Waals surface area (Å²) in [5.74, 6) is -1.17. The summed E-state index contributed by atoms with van der Waals surface area (Å²) in [5.41, 5.74) is -0.962. The van der Waals surface area contributed by atoms with E-state index >= 15 is 0 Å². The van der Waals surface area contributed by atoms with E-state index in [4.69, 9.17) is 0 Å². The molecule has 0 saturated heterocycles. The Balaban J connectivity index is 1.94. The van der Waals surface area contributed by atoms with Gasteiger partial charge in [0.2, 0.25) is 0 Å². The standard InChI is InChI=1S/C12H12F2N4O2/c13-9-6-8(18(19)20)7-10(14)12(9)17-3-1-2-11-15-4-5-16-11/h4-7,17H,1-3H2,(H,15,16). The molecule has 0 fully saturated rings. The van der Waals surface area contributed by atoms with Crippen LogP contribution in [-0.2, 0) is 6.42 Å². The summed E-state index contributed by atoms with van der Waals surface area (Å²) in [4.78, 5) is 16.5. The van der Waals surface area contributed by atoms with E-state index in [1.807, 2.05) is 0 Å². The van der Waals surface area contributed by atoms with Gasteiger partial charge in [0, 0.05) is 25.4 Å². The van der Waals surface area contributed by atoms with Crippen LogP contribution >= 0.6 is 0 Å². The molecule has 1 aromatic carbocycles. The van der Waals surface area contributed by atoms with Crippen molar-refractivity contribution in [2.45, 2.75) is 12.8 Å². The third-order valence-electron chi connectivity index (χ3n) is 2.68. The maximum absolute atomic E-state index is 13.5. The molecule has 2 rings (SSSR count). The monoisotopic (exact) mass is 282 g/mol. The van der Waals surface area contributed by atoms with E-state index in [2.05, 4.69) is 15.3 Å². The molecule has 0 aliphatic heterocycles. The highest BCUT2D eigenvalue weighted by Crippen LogP contribution is 2.24. The zero-order chi connectivity index (χ0) is 14.5. The van der Waals surface area contributed by atoms with Crippen molar-refractivity contribution in [2.75, 3.05) is 11.9 Å². The van der Waals surface area contributed by atoms with Crippen molar-refractivity contribution in [3.8, 4) is 0 Å². The minimum Gasteiger partial charge on any atom is -0.380 e. The van der Waals surface area contributed by atoms with Crippen LogP contribution in [0.2, 0.25) is 0 Å².